The zero-order valence-electron chi connectivity index (χ0n) is 13.9. The van der Waals surface area contributed by atoms with E-state index >= 15 is 0 Å². The fraction of sp³-hybridized carbons (Fsp3) is 0.0556. The number of hydrogen-bond donors (Lipinski definition) is 1. The molecule has 4 aromatic rings. The molecule has 2 aromatic carbocycles. The van der Waals surface area contributed by atoms with Crippen molar-refractivity contribution in [2.24, 2.45) is 0 Å². The van der Waals surface area contributed by atoms with Gasteiger partial charge < -0.3 is 0 Å². The maximum atomic E-state index is 8.91. The van der Waals surface area contributed by atoms with Gasteiger partial charge in [-0.3, -0.25) is 0 Å². The molecule has 132 valence electrons. The van der Waals surface area contributed by atoms with Crippen LogP contribution in [0.15, 0.2) is 59.8 Å². The summed E-state index contributed by atoms with van der Waals surface area (Å²) in [5, 5.41) is 26.4. The molecule has 0 bridgehead atoms. The van der Waals surface area contributed by atoms with Crippen LogP contribution in [0.1, 0.15) is 11.1 Å². The molecule has 0 fully saturated rings. The van der Waals surface area contributed by atoms with Crippen molar-refractivity contribution >= 4 is 24.2 Å². The molecule has 27 heavy (non-hydrogen) atoms. The van der Waals surface area contributed by atoms with Crippen LogP contribution in [0.5, 0.6) is 0 Å². The standard InChI is InChI=1S/C18H12ClN7S/c19-15-3-1-2-4-16(15)26-18(27)14(10-21-26)17-22-23-24-25(17)11-13-7-5-12(9-20)6-8-13/h1-8,10,27H,11H2. The minimum atomic E-state index is 0.457. The molecule has 0 amide bonds. The first-order chi connectivity index (χ1) is 13.2. The lowest BCUT2D eigenvalue weighted by Gasteiger charge is -2.07. The van der Waals surface area contributed by atoms with E-state index in [4.69, 9.17) is 16.9 Å². The first-order valence-corrected chi connectivity index (χ1v) is 8.77. The minimum absolute atomic E-state index is 0.457. The van der Waals surface area contributed by atoms with E-state index in [1.807, 2.05) is 30.3 Å². The first-order valence-electron chi connectivity index (χ1n) is 7.95. The van der Waals surface area contributed by atoms with Crippen LogP contribution in [0.3, 0.4) is 0 Å². The Labute approximate surface area is 165 Å². The van der Waals surface area contributed by atoms with Crippen molar-refractivity contribution in [3.8, 4) is 23.1 Å². The molecule has 0 atom stereocenters. The largest absolute Gasteiger partial charge is 0.225 e. The SMILES string of the molecule is N#Cc1ccc(Cn2nnnc2-c2cnn(-c3ccccc3Cl)c2S)cc1. The van der Waals surface area contributed by atoms with Gasteiger partial charge in [0.15, 0.2) is 5.82 Å². The molecule has 0 spiro atoms. The highest BCUT2D eigenvalue weighted by Crippen LogP contribution is 2.29. The van der Waals surface area contributed by atoms with E-state index < -0.39 is 0 Å². The monoisotopic (exact) mass is 393 g/mol. The molecular formula is C18H12ClN7S. The van der Waals surface area contributed by atoms with E-state index in [-0.39, 0.29) is 0 Å². The molecule has 2 heterocycles. The van der Waals surface area contributed by atoms with Gasteiger partial charge in [0, 0.05) is 0 Å². The molecular weight excluding hydrogens is 382 g/mol. The third-order valence-electron chi connectivity index (χ3n) is 4.01. The highest BCUT2D eigenvalue weighted by Gasteiger charge is 2.18. The predicted molar refractivity (Wildman–Crippen MR) is 103 cm³/mol. The van der Waals surface area contributed by atoms with Gasteiger partial charge in [0.25, 0.3) is 0 Å². The van der Waals surface area contributed by atoms with Gasteiger partial charge in [-0.1, -0.05) is 35.9 Å². The maximum Gasteiger partial charge on any atom is 0.186 e. The minimum Gasteiger partial charge on any atom is -0.225 e. The second kappa shape index (κ2) is 7.23. The van der Waals surface area contributed by atoms with Crippen molar-refractivity contribution in [2.45, 2.75) is 11.6 Å². The van der Waals surface area contributed by atoms with Gasteiger partial charge in [-0.15, -0.1) is 17.7 Å². The van der Waals surface area contributed by atoms with Crippen molar-refractivity contribution in [3.63, 3.8) is 0 Å². The summed E-state index contributed by atoms with van der Waals surface area (Å²) in [5.41, 5.74) is 2.99. The Hall–Kier alpha value is -3.15. The summed E-state index contributed by atoms with van der Waals surface area (Å²) in [7, 11) is 0. The summed E-state index contributed by atoms with van der Waals surface area (Å²) in [6.07, 6.45) is 1.66. The first kappa shape index (κ1) is 17.3. The average molecular weight is 394 g/mol. The number of nitriles is 1. The van der Waals surface area contributed by atoms with E-state index in [2.05, 4.69) is 39.3 Å². The van der Waals surface area contributed by atoms with Crippen molar-refractivity contribution in [2.75, 3.05) is 0 Å². The summed E-state index contributed by atoms with van der Waals surface area (Å²) in [5.74, 6) is 0.544. The number of rotatable bonds is 4. The topological polar surface area (TPSA) is 85.2 Å². The van der Waals surface area contributed by atoms with Gasteiger partial charge in [0.1, 0.15) is 5.03 Å². The van der Waals surface area contributed by atoms with E-state index in [1.54, 1.807) is 33.8 Å². The Bertz CT molecular complexity index is 1140. The molecule has 0 saturated carbocycles. The summed E-state index contributed by atoms with van der Waals surface area (Å²) in [6.45, 7) is 0.457. The Morgan fingerprint density at radius 2 is 1.89 bits per heavy atom. The lowest BCUT2D eigenvalue weighted by Crippen LogP contribution is -2.05. The van der Waals surface area contributed by atoms with Crippen LogP contribution in [0.2, 0.25) is 5.02 Å². The van der Waals surface area contributed by atoms with Crippen LogP contribution in [-0.2, 0) is 6.54 Å². The lowest BCUT2D eigenvalue weighted by molar-refractivity contribution is 0.652. The van der Waals surface area contributed by atoms with Crippen molar-refractivity contribution in [1.29, 1.82) is 5.26 Å². The third-order valence-corrected chi connectivity index (χ3v) is 4.76. The Balaban J connectivity index is 1.69. The molecule has 0 unspecified atom stereocenters. The van der Waals surface area contributed by atoms with Crippen LogP contribution in [0.4, 0.5) is 0 Å². The second-order valence-electron chi connectivity index (χ2n) is 5.71. The summed E-state index contributed by atoms with van der Waals surface area (Å²) in [6, 6.07) is 16.8. The molecule has 9 heteroatoms. The van der Waals surface area contributed by atoms with Gasteiger partial charge in [-0.2, -0.15) is 10.4 Å². The molecule has 4 rings (SSSR count). The average Bonchev–Trinajstić information content (AvgIpc) is 3.29. The summed E-state index contributed by atoms with van der Waals surface area (Å²) in [4.78, 5) is 0. The molecule has 0 aliphatic carbocycles. The fourth-order valence-electron chi connectivity index (χ4n) is 2.66. The number of aromatic nitrogens is 6. The predicted octanol–water partition coefficient (Wildman–Crippen LogP) is 3.39. The van der Waals surface area contributed by atoms with Crippen LogP contribution in [-0.4, -0.2) is 30.0 Å². The van der Waals surface area contributed by atoms with E-state index in [0.717, 1.165) is 11.3 Å². The number of benzene rings is 2. The zero-order chi connectivity index (χ0) is 18.8. The number of nitrogens with zero attached hydrogens (tertiary/aromatic N) is 7. The van der Waals surface area contributed by atoms with E-state index in [0.29, 0.717) is 33.5 Å². The Morgan fingerprint density at radius 1 is 1.11 bits per heavy atom. The molecule has 2 aromatic heterocycles. The van der Waals surface area contributed by atoms with Crippen molar-refractivity contribution < 1.29 is 0 Å². The zero-order valence-corrected chi connectivity index (χ0v) is 15.5. The van der Waals surface area contributed by atoms with Gasteiger partial charge in [0.2, 0.25) is 0 Å². The smallest absolute Gasteiger partial charge is 0.186 e. The molecule has 0 saturated heterocycles. The lowest BCUT2D eigenvalue weighted by atomic mass is 10.1. The molecule has 0 radical (unpaired) electrons. The molecule has 0 N–H and O–H groups in total. The number of hydrogen-bond acceptors (Lipinski definition) is 6. The highest BCUT2D eigenvalue weighted by atomic mass is 35.5. The fourth-order valence-corrected chi connectivity index (χ4v) is 3.19. The maximum absolute atomic E-state index is 8.91. The van der Waals surface area contributed by atoms with Crippen LogP contribution < -0.4 is 0 Å². The van der Waals surface area contributed by atoms with Crippen LogP contribution in [0.25, 0.3) is 17.1 Å². The Kier molecular flexibility index (Phi) is 4.62. The Morgan fingerprint density at radius 3 is 2.63 bits per heavy atom. The van der Waals surface area contributed by atoms with Crippen LogP contribution >= 0.6 is 24.2 Å². The van der Waals surface area contributed by atoms with Gasteiger partial charge in [-0.25, -0.2) is 9.36 Å². The summed E-state index contributed by atoms with van der Waals surface area (Å²) >= 11 is 10.9. The third kappa shape index (κ3) is 3.30. The molecule has 0 aliphatic rings. The quantitative estimate of drug-likeness (QED) is 0.537. The number of halogens is 1. The van der Waals surface area contributed by atoms with Crippen LogP contribution in [0, 0.1) is 11.3 Å². The van der Waals surface area contributed by atoms with Crippen molar-refractivity contribution in [1.82, 2.24) is 30.0 Å². The second-order valence-corrected chi connectivity index (χ2v) is 6.54. The van der Waals surface area contributed by atoms with Gasteiger partial charge >= 0.3 is 0 Å². The number of tetrazole rings is 1. The molecule has 0 aliphatic heterocycles. The van der Waals surface area contributed by atoms with E-state index in [1.165, 1.54) is 0 Å². The number of thiol groups is 1. The highest BCUT2D eigenvalue weighted by molar-refractivity contribution is 7.80. The number of para-hydroxylation sites is 1. The van der Waals surface area contributed by atoms with Gasteiger partial charge in [0.05, 0.1) is 40.6 Å². The van der Waals surface area contributed by atoms with E-state index in [9.17, 15) is 0 Å². The molecule has 7 nitrogen and oxygen atoms in total. The normalized spacial score (nSPS) is 10.7. The van der Waals surface area contributed by atoms with Gasteiger partial charge in [-0.05, 0) is 40.3 Å². The summed E-state index contributed by atoms with van der Waals surface area (Å²) < 4.78 is 3.30. The van der Waals surface area contributed by atoms with Crippen molar-refractivity contribution in [3.05, 3.63) is 70.9 Å².